The molecule has 2 heterocycles. The van der Waals surface area contributed by atoms with Gasteiger partial charge < -0.3 is 4.90 Å². The van der Waals surface area contributed by atoms with E-state index in [4.69, 9.17) is 0 Å². The number of piperidine rings is 1. The summed E-state index contributed by atoms with van der Waals surface area (Å²) < 4.78 is 69.5. The molecule has 1 fully saturated rings. The van der Waals surface area contributed by atoms with E-state index >= 15 is 4.39 Å². The lowest BCUT2D eigenvalue weighted by Crippen LogP contribution is -2.52. The van der Waals surface area contributed by atoms with Crippen molar-refractivity contribution in [1.29, 1.82) is 0 Å². The number of nitrogens with zero attached hydrogens (tertiary/aromatic N) is 2. The number of H-pyrrole nitrogens is 1. The maximum atomic E-state index is 15.8. The smallest absolute Gasteiger partial charge is 0.245 e. The Morgan fingerprint density at radius 2 is 1.81 bits per heavy atom. The average Bonchev–Trinajstić information content (AvgIpc) is 3.33. The zero-order chi connectivity index (χ0) is 26.4. The monoisotopic (exact) mass is 542 g/mol. The number of sulfonamides is 1. The minimum absolute atomic E-state index is 0.0491. The van der Waals surface area contributed by atoms with Crippen molar-refractivity contribution in [2.75, 3.05) is 17.7 Å². The molecule has 0 aliphatic carbocycles. The van der Waals surface area contributed by atoms with Crippen LogP contribution in [0, 0.1) is 5.82 Å². The Morgan fingerprint density at radius 1 is 1.05 bits per heavy atom. The van der Waals surface area contributed by atoms with Crippen LogP contribution in [-0.4, -0.2) is 51.8 Å². The molecule has 5 rings (SSSR count). The normalized spacial score (nSPS) is 16.9. The van der Waals surface area contributed by atoms with E-state index in [9.17, 15) is 21.6 Å². The maximum Gasteiger partial charge on any atom is 0.245 e. The Labute approximate surface area is 213 Å². The van der Waals surface area contributed by atoms with E-state index in [0.717, 1.165) is 16.5 Å². The van der Waals surface area contributed by atoms with Crippen molar-refractivity contribution in [2.24, 2.45) is 0 Å². The molecule has 192 valence electrons. The zero-order valence-electron chi connectivity index (χ0n) is 19.7. The lowest BCUT2D eigenvalue weighted by molar-refractivity contribution is -0.121. The molecule has 9 nitrogen and oxygen atoms in total. The molecule has 37 heavy (non-hydrogen) atoms. The van der Waals surface area contributed by atoms with Gasteiger partial charge in [-0.25, -0.2) is 21.2 Å². The third-order valence-electron chi connectivity index (χ3n) is 6.28. The Morgan fingerprint density at radius 3 is 2.54 bits per heavy atom. The second kappa shape index (κ2) is 9.36. The van der Waals surface area contributed by atoms with E-state index in [1.165, 1.54) is 24.3 Å². The molecule has 4 aromatic rings. The third kappa shape index (κ3) is 4.75. The number of hydrogen-bond acceptors (Lipinski definition) is 6. The van der Waals surface area contributed by atoms with Crippen molar-refractivity contribution in [3.63, 3.8) is 0 Å². The molecule has 3 aromatic carbocycles. The number of hydrogen-bond donors (Lipinski definition) is 2. The number of fused-ring (bicyclic) bond motifs is 1. The van der Waals surface area contributed by atoms with Gasteiger partial charge in [-0.3, -0.25) is 9.89 Å². The summed E-state index contributed by atoms with van der Waals surface area (Å²) in [5, 5.41) is 7.31. The quantitative estimate of drug-likeness (QED) is 0.385. The lowest BCUT2D eigenvalue weighted by atomic mass is 10.0. The summed E-state index contributed by atoms with van der Waals surface area (Å²) in [5.74, 6) is -1.71. The highest BCUT2D eigenvalue weighted by Crippen LogP contribution is 2.36. The summed E-state index contributed by atoms with van der Waals surface area (Å²) in [5.41, 5.74) is 1.000. The van der Waals surface area contributed by atoms with Gasteiger partial charge in [-0.1, -0.05) is 36.4 Å². The number of halogens is 1. The molecular weight excluding hydrogens is 519 g/mol. The molecule has 1 amide bonds. The van der Waals surface area contributed by atoms with Crippen molar-refractivity contribution >= 4 is 42.4 Å². The molecule has 1 atom stereocenters. The van der Waals surface area contributed by atoms with Gasteiger partial charge in [0, 0.05) is 23.8 Å². The minimum atomic E-state index is -4.09. The minimum Gasteiger partial charge on any atom is -0.308 e. The van der Waals surface area contributed by atoms with Crippen LogP contribution in [0.2, 0.25) is 0 Å². The van der Waals surface area contributed by atoms with Crippen LogP contribution >= 0.6 is 0 Å². The molecule has 1 aromatic heterocycles. The molecule has 0 radical (unpaired) electrons. The standard InChI is InChI=1S/C25H23FN4O5S2/c1-36(32,33)24-19(16-6-3-2-4-7-16)11-12-22(23(24)26)30-13-5-8-20(25(30)31)29-37(34,35)18-10-9-17-15-27-28-21(17)14-18/h2-4,6-7,9-12,14-15,20,29H,5,8,13H2,1H3,(H,27,28). The first-order chi connectivity index (χ1) is 17.6. The van der Waals surface area contributed by atoms with E-state index in [-0.39, 0.29) is 29.1 Å². The Balaban J connectivity index is 1.48. The molecule has 1 unspecified atom stereocenters. The van der Waals surface area contributed by atoms with Gasteiger partial charge in [0.1, 0.15) is 10.9 Å². The third-order valence-corrected chi connectivity index (χ3v) is 8.89. The molecule has 0 spiro atoms. The van der Waals surface area contributed by atoms with Crippen LogP contribution in [0.4, 0.5) is 10.1 Å². The van der Waals surface area contributed by atoms with E-state index in [1.807, 2.05) is 0 Å². The first kappa shape index (κ1) is 25.1. The van der Waals surface area contributed by atoms with Crippen molar-refractivity contribution < 1.29 is 26.0 Å². The Bertz CT molecular complexity index is 1720. The van der Waals surface area contributed by atoms with Gasteiger partial charge in [0.25, 0.3) is 0 Å². The maximum absolute atomic E-state index is 15.8. The highest BCUT2D eigenvalue weighted by molar-refractivity contribution is 7.91. The van der Waals surface area contributed by atoms with Gasteiger partial charge in [-0.05, 0) is 42.7 Å². The largest absolute Gasteiger partial charge is 0.308 e. The fourth-order valence-electron chi connectivity index (χ4n) is 4.52. The predicted octanol–water partition coefficient (Wildman–Crippen LogP) is 3.25. The number of sulfone groups is 1. The number of aromatic nitrogens is 2. The van der Waals surface area contributed by atoms with Gasteiger partial charge >= 0.3 is 0 Å². The summed E-state index contributed by atoms with van der Waals surface area (Å²) in [7, 11) is -8.10. The van der Waals surface area contributed by atoms with Crippen LogP contribution in [0.25, 0.3) is 22.0 Å². The van der Waals surface area contributed by atoms with Crippen LogP contribution in [0.15, 0.2) is 76.7 Å². The van der Waals surface area contributed by atoms with Gasteiger partial charge in [-0.15, -0.1) is 0 Å². The van der Waals surface area contributed by atoms with Gasteiger partial charge in [0.2, 0.25) is 15.9 Å². The highest BCUT2D eigenvalue weighted by Gasteiger charge is 2.36. The van der Waals surface area contributed by atoms with Crippen LogP contribution in [0.1, 0.15) is 12.8 Å². The summed E-state index contributed by atoms with van der Waals surface area (Å²) in [4.78, 5) is 13.9. The molecule has 0 saturated carbocycles. The number of benzene rings is 3. The van der Waals surface area contributed by atoms with Gasteiger partial charge in [0.15, 0.2) is 15.7 Å². The Kier molecular flexibility index (Phi) is 6.34. The molecule has 1 aliphatic rings. The van der Waals surface area contributed by atoms with Crippen LogP contribution < -0.4 is 9.62 Å². The van der Waals surface area contributed by atoms with Gasteiger partial charge in [0.05, 0.1) is 22.3 Å². The van der Waals surface area contributed by atoms with Crippen molar-refractivity contribution in [3.05, 3.63) is 72.7 Å². The topological polar surface area (TPSA) is 129 Å². The summed E-state index contributed by atoms with van der Waals surface area (Å²) in [6.45, 7) is 0.113. The summed E-state index contributed by atoms with van der Waals surface area (Å²) in [6, 6.07) is 14.6. The van der Waals surface area contributed by atoms with Crippen LogP contribution in [-0.2, 0) is 24.7 Å². The number of nitrogens with one attached hydrogen (secondary N) is 2. The number of carbonyl (C=O) groups is 1. The molecule has 1 saturated heterocycles. The molecule has 1 aliphatic heterocycles. The van der Waals surface area contributed by atoms with Crippen molar-refractivity contribution in [2.45, 2.75) is 28.7 Å². The lowest BCUT2D eigenvalue weighted by Gasteiger charge is -2.33. The molecular formula is C25H23FN4O5S2. The summed E-state index contributed by atoms with van der Waals surface area (Å²) in [6.07, 6.45) is 3.06. The first-order valence-corrected chi connectivity index (χ1v) is 14.8. The number of carbonyl (C=O) groups excluding carboxylic acids is 1. The predicted molar refractivity (Wildman–Crippen MR) is 137 cm³/mol. The summed E-state index contributed by atoms with van der Waals surface area (Å²) >= 11 is 0. The molecule has 0 bridgehead atoms. The van der Waals surface area contributed by atoms with Crippen LogP contribution in [0.5, 0.6) is 0 Å². The number of amides is 1. The SMILES string of the molecule is CS(=O)(=O)c1c(-c2ccccc2)ccc(N2CCCC(NS(=O)(=O)c3ccc4cn[nH]c4c3)C2=O)c1F. The molecule has 2 N–H and O–H groups in total. The number of anilines is 1. The van der Waals surface area contributed by atoms with Crippen molar-refractivity contribution in [3.8, 4) is 11.1 Å². The van der Waals surface area contributed by atoms with E-state index in [0.29, 0.717) is 17.5 Å². The number of aromatic amines is 1. The van der Waals surface area contributed by atoms with E-state index < -0.39 is 42.5 Å². The van der Waals surface area contributed by atoms with Crippen molar-refractivity contribution in [1.82, 2.24) is 14.9 Å². The first-order valence-electron chi connectivity index (χ1n) is 11.4. The van der Waals surface area contributed by atoms with Gasteiger partial charge in [-0.2, -0.15) is 9.82 Å². The van der Waals surface area contributed by atoms with Crippen LogP contribution in [0.3, 0.4) is 0 Å². The number of rotatable bonds is 6. The van der Waals surface area contributed by atoms with E-state index in [2.05, 4.69) is 14.9 Å². The fourth-order valence-corrected chi connectivity index (χ4v) is 6.79. The second-order valence-electron chi connectivity index (χ2n) is 8.84. The highest BCUT2D eigenvalue weighted by atomic mass is 32.2. The zero-order valence-corrected chi connectivity index (χ0v) is 21.3. The average molecular weight is 543 g/mol. The fraction of sp³-hybridized carbons (Fsp3) is 0.200. The second-order valence-corrected chi connectivity index (χ2v) is 12.5. The molecule has 12 heteroatoms. The van der Waals surface area contributed by atoms with E-state index in [1.54, 1.807) is 42.6 Å². The Hall–Kier alpha value is -3.61.